The van der Waals surface area contributed by atoms with Gasteiger partial charge in [-0.15, -0.1) is 12.4 Å². The molecule has 1 aromatic rings. The number of piperidine rings is 1. The highest BCUT2D eigenvalue weighted by Gasteiger charge is 2.39. The van der Waals surface area contributed by atoms with Crippen LogP contribution in [0.15, 0.2) is 29.2 Å². The summed E-state index contributed by atoms with van der Waals surface area (Å²) in [5, 5.41) is 14.0. The molecule has 0 spiro atoms. The van der Waals surface area contributed by atoms with Gasteiger partial charge in [0, 0.05) is 38.3 Å². The quantitative estimate of drug-likeness (QED) is 0.568. The van der Waals surface area contributed by atoms with Crippen molar-refractivity contribution in [2.75, 3.05) is 32.7 Å². The third-order valence-corrected chi connectivity index (χ3v) is 6.97. The second-order valence-electron chi connectivity index (χ2n) is 6.81. The minimum absolute atomic E-state index is 0. The molecule has 1 aromatic carbocycles. The van der Waals surface area contributed by atoms with E-state index in [0.29, 0.717) is 32.5 Å². The molecule has 2 saturated heterocycles. The number of hydrogen-bond donors (Lipinski definition) is 1. The number of hydrogen-bond acceptors (Lipinski definition) is 6. The molecular formula is C17H25ClN4O5S. The van der Waals surface area contributed by atoms with Crippen LogP contribution in [-0.2, 0) is 14.8 Å². The Bertz CT molecular complexity index is 794. The van der Waals surface area contributed by atoms with Gasteiger partial charge in [0.2, 0.25) is 15.9 Å². The Morgan fingerprint density at radius 2 is 1.79 bits per heavy atom. The molecule has 2 aliphatic heterocycles. The first kappa shape index (κ1) is 22.5. The lowest BCUT2D eigenvalue weighted by Gasteiger charge is -2.36. The molecule has 28 heavy (non-hydrogen) atoms. The highest BCUT2D eigenvalue weighted by atomic mass is 35.5. The Morgan fingerprint density at radius 1 is 1.07 bits per heavy atom. The first-order valence-corrected chi connectivity index (χ1v) is 10.6. The van der Waals surface area contributed by atoms with Crippen LogP contribution in [0.1, 0.15) is 25.7 Å². The van der Waals surface area contributed by atoms with Gasteiger partial charge in [0.1, 0.15) is 6.04 Å². The topological polar surface area (TPSA) is 113 Å². The Balaban J connectivity index is 0.00000280. The third-order valence-electron chi connectivity index (χ3n) is 5.04. The van der Waals surface area contributed by atoms with Crippen LogP contribution in [0.25, 0.3) is 0 Å². The van der Waals surface area contributed by atoms with E-state index >= 15 is 0 Å². The summed E-state index contributed by atoms with van der Waals surface area (Å²) in [6.45, 7) is 3.02. The lowest BCUT2D eigenvalue weighted by atomic mass is 10.0. The maximum atomic E-state index is 13.1. The smallest absolute Gasteiger partial charge is 0.269 e. The molecule has 3 rings (SSSR count). The van der Waals surface area contributed by atoms with E-state index in [4.69, 9.17) is 0 Å². The molecule has 0 saturated carbocycles. The van der Waals surface area contributed by atoms with Gasteiger partial charge < -0.3 is 10.2 Å². The van der Waals surface area contributed by atoms with Gasteiger partial charge in [0.15, 0.2) is 0 Å². The van der Waals surface area contributed by atoms with E-state index in [1.165, 1.54) is 28.6 Å². The number of carbonyl (C=O) groups is 1. The molecule has 1 amide bonds. The number of halogens is 1. The fraction of sp³-hybridized carbons (Fsp3) is 0.588. The normalized spacial score (nSPS) is 21.4. The Kier molecular flexibility index (Phi) is 7.76. The molecule has 1 atom stereocenters. The first-order valence-electron chi connectivity index (χ1n) is 9.17. The van der Waals surface area contributed by atoms with Crippen LogP contribution < -0.4 is 5.32 Å². The summed E-state index contributed by atoms with van der Waals surface area (Å²) in [6.07, 6.45) is 2.83. The average molecular weight is 433 g/mol. The standard InChI is InChI=1S/C17H24N4O5S.ClH/c22-17(19-11-3-9-18-10-13-19)16-4-1-2-12-20(16)27(25,26)15-7-5-14(6-8-15)21(23)24;/h5-8,16,18H,1-4,9-13H2;1H. The van der Waals surface area contributed by atoms with Crippen LogP contribution in [0, 0.1) is 10.1 Å². The predicted octanol–water partition coefficient (Wildman–Crippen LogP) is 1.38. The van der Waals surface area contributed by atoms with Gasteiger partial charge >= 0.3 is 0 Å². The Morgan fingerprint density at radius 3 is 2.46 bits per heavy atom. The molecule has 1 N–H and O–H groups in total. The van der Waals surface area contributed by atoms with E-state index < -0.39 is 21.0 Å². The minimum atomic E-state index is -3.90. The summed E-state index contributed by atoms with van der Waals surface area (Å²) in [5.74, 6) is -0.149. The molecule has 2 fully saturated rings. The van der Waals surface area contributed by atoms with Crippen LogP contribution in [0.5, 0.6) is 0 Å². The number of rotatable bonds is 4. The van der Waals surface area contributed by atoms with Gasteiger partial charge in [0.25, 0.3) is 5.69 Å². The lowest BCUT2D eigenvalue weighted by molar-refractivity contribution is -0.384. The number of nitro groups is 1. The molecule has 0 aromatic heterocycles. The molecule has 1 unspecified atom stereocenters. The maximum absolute atomic E-state index is 13.1. The SMILES string of the molecule is Cl.O=C(C1CCCCN1S(=O)(=O)c1ccc([N+](=O)[O-])cc1)N1CCCNCC1. The number of nitrogens with one attached hydrogen (secondary N) is 1. The summed E-state index contributed by atoms with van der Waals surface area (Å²) in [7, 11) is -3.90. The fourth-order valence-electron chi connectivity index (χ4n) is 3.59. The molecule has 9 nitrogen and oxygen atoms in total. The summed E-state index contributed by atoms with van der Waals surface area (Å²) >= 11 is 0. The average Bonchev–Trinajstić information content (AvgIpc) is 2.97. The summed E-state index contributed by atoms with van der Waals surface area (Å²) in [6, 6.07) is 4.11. The van der Waals surface area contributed by atoms with Gasteiger partial charge in [-0.05, 0) is 37.9 Å². The van der Waals surface area contributed by atoms with Crippen molar-refractivity contribution in [1.29, 1.82) is 0 Å². The van der Waals surface area contributed by atoms with Crippen molar-refractivity contribution >= 4 is 34.0 Å². The summed E-state index contributed by atoms with van der Waals surface area (Å²) < 4.78 is 27.5. The highest BCUT2D eigenvalue weighted by Crippen LogP contribution is 2.27. The number of benzene rings is 1. The van der Waals surface area contributed by atoms with Crippen molar-refractivity contribution < 1.29 is 18.1 Å². The molecule has 2 aliphatic rings. The monoisotopic (exact) mass is 432 g/mol. The molecule has 156 valence electrons. The maximum Gasteiger partial charge on any atom is 0.269 e. The second kappa shape index (κ2) is 9.64. The van der Waals surface area contributed by atoms with Crippen molar-refractivity contribution in [3.8, 4) is 0 Å². The summed E-state index contributed by atoms with van der Waals surface area (Å²) in [5.41, 5.74) is -0.169. The zero-order valence-corrected chi connectivity index (χ0v) is 17.1. The highest BCUT2D eigenvalue weighted by molar-refractivity contribution is 7.89. The van der Waals surface area contributed by atoms with Gasteiger partial charge in [-0.25, -0.2) is 8.42 Å². The predicted molar refractivity (Wildman–Crippen MR) is 106 cm³/mol. The van der Waals surface area contributed by atoms with Gasteiger partial charge in [-0.2, -0.15) is 4.31 Å². The number of nitro benzene ring substituents is 1. The molecule has 0 radical (unpaired) electrons. The largest absolute Gasteiger partial charge is 0.340 e. The van der Waals surface area contributed by atoms with E-state index in [9.17, 15) is 23.3 Å². The van der Waals surface area contributed by atoms with Crippen molar-refractivity contribution in [2.24, 2.45) is 0 Å². The van der Waals surface area contributed by atoms with Crippen molar-refractivity contribution in [3.05, 3.63) is 34.4 Å². The number of amides is 1. The Labute approximate surface area is 170 Å². The molecule has 11 heteroatoms. The lowest BCUT2D eigenvalue weighted by Crippen LogP contribution is -2.53. The molecule has 0 bridgehead atoms. The van der Waals surface area contributed by atoms with Gasteiger partial charge in [-0.3, -0.25) is 14.9 Å². The zero-order valence-electron chi connectivity index (χ0n) is 15.5. The van der Waals surface area contributed by atoms with E-state index in [1.54, 1.807) is 4.90 Å². The second-order valence-corrected chi connectivity index (χ2v) is 8.70. The molecule has 0 aliphatic carbocycles. The van der Waals surface area contributed by atoms with Crippen LogP contribution in [-0.4, -0.2) is 67.2 Å². The minimum Gasteiger partial charge on any atom is -0.340 e. The third kappa shape index (κ3) is 4.80. The van der Waals surface area contributed by atoms with E-state index in [1.807, 2.05) is 0 Å². The number of non-ortho nitro benzene ring substituents is 1. The van der Waals surface area contributed by atoms with E-state index in [0.717, 1.165) is 19.4 Å². The van der Waals surface area contributed by atoms with Crippen LogP contribution in [0.3, 0.4) is 0 Å². The first-order chi connectivity index (χ1) is 12.9. The van der Waals surface area contributed by atoms with Crippen LogP contribution in [0.4, 0.5) is 5.69 Å². The molecular weight excluding hydrogens is 408 g/mol. The van der Waals surface area contributed by atoms with Crippen molar-refractivity contribution in [2.45, 2.75) is 36.6 Å². The van der Waals surface area contributed by atoms with E-state index in [-0.39, 0.29) is 35.4 Å². The van der Waals surface area contributed by atoms with Gasteiger partial charge in [0.05, 0.1) is 9.82 Å². The fourth-order valence-corrected chi connectivity index (χ4v) is 5.24. The zero-order chi connectivity index (χ0) is 19.4. The number of nitrogens with zero attached hydrogens (tertiary/aromatic N) is 3. The van der Waals surface area contributed by atoms with Crippen LogP contribution in [0.2, 0.25) is 0 Å². The van der Waals surface area contributed by atoms with Gasteiger partial charge in [-0.1, -0.05) is 6.42 Å². The van der Waals surface area contributed by atoms with E-state index in [2.05, 4.69) is 5.32 Å². The number of sulfonamides is 1. The van der Waals surface area contributed by atoms with Crippen molar-refractivity contribution in [1.82, 2.24) is 14.5 Å². The van der Waals surface area contributed by atoms with Crippen molar-refractivity contribution in [3.63, 3.8) is 0 Å². The number of carbonyl (C=O) groups excluding carboxylic acids is 1. The Hall–Kier alpha value is -1.75. The van der Waals surface area contributed by atoms with Crippen LogP contribution >= 0.6 is 12.4 Å². The molecule has 2 heterocycles. The summed E-state index contributed by atoms with van der Waals surface area (Å²) in [4.78, 5) is 25.0.